The van der Waals surface area contributed by atoms with Crippen molar-refractivity contribution in [1.82, 2.24) is 15.3 Å². The van der Waals surface area contributed by atoms with Crippen LogP contribution in [0.3, 0.4) is 0 Å². The number of pyridine rings is 2. The molecule has 1 aliphatic rings. The van der Waals surface area contributed by atoms with Gasteiger partial charge in [-0.05, 0) is 48.2 Å². The maximum atomic E-state index is 12.5. The van der Waals surface area contributed by atoms with Gasteiger partial charge in [-0.1, -0.05) is 18.2 Å². The third-order valence-electron chi connectivity index (χ3n) is 6.11. The van der Waals surface area contributed by atoms with Crippen LogP contribution in [-0.4, -0.2) is 40.8 Å². The van der Waals surface area contributed by atoms with E-state index in [1.165, 1.54) is 12.3 Å². The van der Waals surface area contributed by atoms with Gasteiger partial charge in [-0.25, -0.2) is 0 Å². The number of hydrogen-bond donors (Lipinski definition) is 3. The number of aromatic carboxylic acids is 1. The van der Waals surface area contributed by atoms with E-state index in [0.29, 0.717) is 28.9 Å². The minimum atomic E-state index is -1.34. The molecule has 10 heteroatoms. The molecule has 0 saturated heterocycles. The van der Waals surface area contributed by atoms with Gasteiger partial charge in [0.2, 0.25) is 5.91 Å². The van der Waals surface area contributed by atoms with Crippen LogP contribution in [0.15, 0.2) is 60.9 Å². The Labute approximate surface area is 224 Å². The molecule has 1 aliphatic heterocycles. The Morgan fingerprint density at radius 1 is 1.05 bits per heavy atom. The number of anilines is 2. The largest absolute Gasteiger partial charge is 1.00 e. The van der Waals surface area contributed by atoms with Crippen LogP contribution in [0.1, 0.15) is 34.2 Å². The molecule has 0 saturated carbocycles. The number of carbonyl (C=O) groups excluding carboxylic acids is 3. The fourth-order valence-corrected chi connectivity index (χ4v) is 4.39. The smallest absolute Gasteiger partial charge is 0.543 e. The number of carboxylic acid groups (broad SMARTS) is 1. The van der Waals surface area contributed by atoms with Crippen LogP contribution in [0.2, 0.25) is 0 Å². The van der Waals surface area contributed by atoms with E-state index in [1.807, 2.05) is 31.2 Å². The van der Waals surface area contributed by atoms with Crippen LogP contribution >= 0.6 is 0 Å². The van der Waals surface area contributed by atoms with Gasteiger partial charge in [0.15, 0.2) is 0 Å². The van der Waals surface area contributed by atoms with E-state index in [2.05, 4.69) is 25.9 Å². The second kappa shape index (κ2) is 10.4. The molecule has 0 unspecified atom stereocenters. The quantitative estimate of drug-likeness (QED) is 0.340. The molecule has 2 aromatic carbocycles. The fraction of sp³-hybridized carbons (Fsp3) is 0.148. The summed E-state index contributed by atoms with van der Waals surface area (Å²) in [7, 11) is 1.56. The molecule has 0 fully saturated rings. The molecule has 0 aliphatic carbocycles. The van der Waals surface area contributed by atoms with E-state index in [1.54, 1.807) is 31.4 Å². The number of fused-ring (bicyclic) bond motifs is 2. The number of amides is 2. The molecule has 5 rings (SSSR count). The SMILES string of the molecule is CNC(=O)c1cc2c(c(-c3cccc4cc(-c5ccc(C(=O)[O-])nc5)ncc34)c1)N[C@H](C)CC(=O)N2.[Li+]. The molecule has 2 amide bonds. The summed E-state index contributed by atoms with van der Waals surface area (Å²) < 4.78 is 0. The maximum Gasteiger partial charge on any atom is 1.00 e. The molecule has 2 aromatic heterocycles. The average Bonchev–Trinajstić information content (AvgIpc) is 3.03. The normalized spacial score (nSPS) is 14.4. The van der Waals surface area contributed by atoms with E-state index >= 15 is 0 Å². The molecule has 9 nitrogen and oxygen atoms in total. The van der Waals surface area contributed by atoms with Gasteiger partial charge in [-0.2, -0.15) is 0 Å². The van der Waals surface area contributed by atoms with Gasteiger partial charge < -0.3 is 25.9 Å². The van der Waals surface area contributed by atoms with Gasteiger partial charge in [0.05, 0.1) is 28.7 Å². The number of carboxylic acids is 1. The van der Waals surface area contributed by atoms with Gasteiger partial charge >= 0.3 is 18.9 Å². The first-order valence-electron chi connectivity index (χ1n) is 11.4. The van der Waals surface area contributed by atoms with Crippen LogP contribution in [0.25, 0.3) is 33.2 Å². The van der Waals surface area contributed by atoms with Gasteiger partial charge in [-0.15, -0.1) is 0 Å². The minimum absolute atomic E-state index is 0. The average molecular weight is 487 g/mol. The molecule has 0 bridgehead atoms. The molecule has 0 spiro atoms. The topological polar surface area (TPSA) is 136 Å². The van der Waals surface area contributed by atoms with Crippen molar-refractivity contribution in [2.24, 2.45) is 0 Å². The maximum absolute atomic E-state index is 12.5. The molecule has 3 N–H and O–H groups in total. The van der Waals surface area contributed by atoms with Crippen molar-refractivity contribution in [2.45, 2.75) is 19.4 Å². The summed E-state index contributed by atoms with van der Waals surface area (Å²) in [4.78, 5) is 44.5. The summed E-state index contributed by atoms with van der Waals surface area (Å²) in [6, 6.07) is 14.1. The van der Waals surface area contributed by atoms with Crippen molar-refractivity contribution in [3.05, 3.63) is 72.2 Å². The Morgan fingerprint density at radius 3 is 2.57 bits per heavy atom. The first-order chi connectivity index (χ1) is 17.3. The Bertz CT molecular complexity index is 1540. The zero-order valence-corrected chi connectivity index (χ0v) is 20.6. The van der Waals surface area contributed by atoms with Crippen LogP contribution in [0.5, 0.6) is 0 Å². The molecule has 4 aromatic rings. The van der Waals surface area contributed by atoms with Crippen molar-refractivity contribution < 1.29 is 38.4 Å². The van der Waals surface area contributed by atoms with Crippen LogP contribution in [0.4, 0.5) is 11.4 Å². The summed E-state index contributed by atoms with van der Waals surface area (Å²) in [6.45, 7) is 1.93. The number of nitrogens with one attached hydrogen (secondary N) is 3. The number of nitrogens with zero attached hydrogens (tertiary/aromatic N) is 2. The second-order valence-corrected chi connectivity index (χ2v) is 8.64. The molecular formula is C27H22LiN5O4. The molecule has 3 heterocycles. The van der Waals surface area contributed by atoms with Crippen molar-refractivity contribution in [2.75, 3.05) is 17.7 Å². The molecule has 37 heavy (non-hydrogen) atoms. The molecule has 1 atom stereocenters. The minimum Gasteiger partial charge on any atom is -0.543 e. The van der Waals surface area contributed by atoms with Crippen molar-refractivity contribution >= 4 is 39.9 Å². The first kappa shape index (κ1) is 25.9. The standard InChI is InChI=1S/C27H23N5O4.Li/c1-14-8-24(33)32-23-11-17(26(34)28-2)9-19(25(23)31-14)18-5-3-4-15-10-22(30-13-20(15)18)16-6-7-21(27(35)36)29-12-16;/h3-7,9-14,31H,8H2,1-2H3,(H,28,34)(H,32,33)(H,35,36);/q;+1/p-1/t14-;/m1./s1. The zero-order valence-electron chi connectivity index (χ0n) is 20.6. The third kappa shape index (κ3) is 5.05. The Balaban J connectivity index is 0.00000320. The van der Waals surface area contributed by atoms with Gasteiger partial charge in [0, 0.05) is 54.0 Å². The van der Waals surface area contributed by atoms with Crippen LogP contribution < -0.4 is 39.9 Å². The molecular weight excluding hydrogens is 465 g/mol. The van der Waals surface area contributed by atoms with Crippen molar-refractivity contribution in [1.29, 1.82) is 0 Å². The van der Waals surface area contributed by atoms with Gasteiger partial charge in [-0.3, -0.25) is 19.6 Å². The van der Waals surface area contributed by atoms with Crippen molar-refractivity contribution in [3.8, 4) is 22.4 Å². The third-order valence-corrected chi connectivity index (χ3v) is 6.11. The van der Waals surface area contributed by atoms with E-state index in [0.717, 1.165) is 27.6 Å². The summed E-state index contributed by atoms with van der Waals surface area (Å²) >= 11 is 0. The number of benzene rings is 2. The number of rotatable bonds is 4. The summed E-state index contributed by atoms with van der Waals surface area (Å²) in [6.07, 6.45) is 3.49. The second-order valence-electron chi connectivity index (χ2n) is 8.64. The number of carbonyl (C=O) groups is 3. The van der Waals surface area contributed by atoms with Crippen LogP contribution in [-0.2, 0) is 4.79 Å². The van der Waals surface area contributed by atoms with E-state index < -0.39 is 5.97 Å². The summed E-state index contributed by atoms with van der Waals surface area (Å²) in [5, 5.41) is 21.7. The summed E-state index contributed by atoms with van der Waals surface area (Å²) in [5.41, 5.74) is 4.46. The molecule has 0 radical (unpaired) electrons. The Hall–Kier alpha value is -4.19. The Kier molecular flexibility index (Phi) is 7.30. The monoisotopic (exact) mass is 487 g/mol. The number of hydrogen-bond acceptors (Lipinski definition) is 7. The van der Waals surface area contributed by atoms with Crippen molar-refractivity contribution in [3.63, 3.8) is 0 Å². The van der Waals surface area contributed by atoms with E-state index in [9.17, 15) is 19.5 Å². The summed E-state index contributed by atoms with van der Waals surface area (Å²) in [5.74, 6) is -1.73. The Morgan fingerprint density at radius 2 is 1.86 bits per heavy atom. The van der Waals surface area contributed by atoms with Gasteiger partial charge in [0.25, 0.3) is 5.91 Å². The van der Waals surface area contributed by atoms with Gasteiger partial charge in [0.1, 0.15) is 0 Å². The first-order valence-corrected chi connectivity index (χ1v) is 11.4. The van der Waals surface area contributed by atoms with E-state index in [4.69, 9.17) is 0 Å². The van der Waals surface area contributed by atoms with Crippen LogP contribution in [0, 0.1) is 0 Å². The number of aromatic nitrogens is 2. The van der Waals surface area contributed by atoms with E-state index in [-0.39, 0.29) is 42.4 Å². The predicted octanol–water partition coefficient (Wildman–Crippen LogP) is -0.166. The predicted molar refractivity (Wildman–Crippen MR) is 134 cm³/mol. The fourth-order valence-electron chi connectivity index (χ4n) is 4.39. The molecule has 180 valence electrons. The zero-order chi connectivity index (χ0) is 25.4.